The largest absolute Gasteiger partial charge is 0.509 e. The van der Waals surface area contributed by atoms with Crippen LogP contribution in [-0.4, -0.2) is 120 Å². The van der Waals surface area contributed by atoms with E-state index in [-0.39, 0.29) is 36.1 Å². The molecule has 310 valence electrons. The lowest BCUT2D eigenvalue weighted by atomic mass is 10.0. The first kappa shape index (κ1) is 40.1. The number of aliphatic hydroxyl groups excluding tert-OH is 1. The van der Waals surface area contributed by atoms with Crippen LogP contribution in [0.15, 0.2) is 23.8 Å². The van der Waals surface area contributed by atoms with Crippen molar-refractivity contribution in [1.82, 2.24) is 39.0 Å². The topological polar surface area (TPSA) is 314 Å². The summed E-state index contributed by atoms with van der Waals surface area (Å²) in [5, 5.41) is 12.1. The van der Waals surface area contributed by atoms with Gasteiger partial charge in [0.15, 0.2) is 34.8 Å². The number of rotatable bonds is 9. The van der Waals surface area contributed by atoms with E-state index in [1.165, 1.54) is 30.7 Å². The molecular weight excluding hydrogens is 818 g/mol. The van der Waals surface area contributed by atoms with E-state index < -0.39 is 99.1 Å². The lowest BCUT2D eigenvalue weighted by Gasteiger charge is -2.32. The van der Waals surface area contributed by atoms with E-state index in [1.54, 1.807) is 25.3 Å². The van der Waals surface area contributed by atoms with Crippen LogP contribution in [0.1, 0.15) is 39.5 Å². The number of aromatic nitrogens is 8. The molecule has 0 amide bonds. The number of aromatic amines is 1. The molecular formula is C30H40N10O14P2S. The number of anilines is 2. The summed E-state index contributed by atoms with van der Waals surface area (Å²) in [6, 6.07) is -0.784. The lowest BCUT2D eigenvalue weighted by Crippen LogP contribution is -2.38. The average Bonchev–Trinajstić information content (AvgIpc) is 3.44. The zero-order valence-electron chi connectivity index (χ0n) is 30.8. The number of nitrogen functional groups attached to an aromatic ring is 2. The third-order valence-corrected chi connectivity index (χ3v) is 15.0. The minimum Gasteiger partial charge on any atom is -0.432 e. The van der Waals surface area contributed by atoms with Crippen molar-refractivity contribution >= 4 is 66.3 Å². The van der Waals surface area contributed by atoms with E-state index in [4.69, 9.17) is 53.0 Å². The Labute approximate surface area is 326 Å². The molecule has 11 atom stereocenters. The van der Waals surface area contributed by atoms with Gasteiger partial charge in [-0.2, -0.15) is 4.98 Å². The summed E-state index contributed by atoms with van der Waals surface area (Å²) in [4.78, 5) is 48.4. The molecule has 2 aliphatic heterocycles. The number of imidazole rings is 2. The second-order valence-electron chi connectivity index (χ2n) is 13.9. The van der Waals surface area contributed by atoms with Gasteiger partial charge < -0.3 is 40.1 Å². The predicted molar refractivity (Wildman–Crippen MR) is 196 cm³/mol. The van der Waals surface area contributed by atoms with Crippen LogP contribution in [0.3, 0.4) is 0 Å². The van der Waals surface area contributed by atoms with Crippen LogP contribution in [0.25, 0.3) is 22.3 Å². The molecule has 4 aliphatic rings. The van der Waals surface area contributed by atoms with Gasteiger partial charge in [-0.05, 0) is 33.1 Å². The van der Waals surface area contributed by atoms with Gasteiger partial charge in [0.1, 0.15) is 42.4 Å². The highest BCUT2D eigenvalue weighted by Crippen LogP contribution is 2.74. The summed E-state index contributed by atoms with van der Waals surface area (Å²) < 4.78 is 85.4. The van der Waals surface area contributed by atoms with Crippen LogP contribution in [0.2, 0.25) is 0 Å². The Kier molecular flexibility index (Phi) is 10.6. The molecule has 57 heavy (non-hydrogen) atoms. The highest BCUT2D eigenvalue weighted by atomic mass is 32.7. The molecule has 4 aromatic heterocycles. The third-order valence-electron chi connectivity index (χ3n) is 10.2. The van der Waals surface area contributed by atoms with Crippen molar-refractivity contribution < 1.29 is 60.6 Å². The Bertz CT molecular complexity index is 2330. The molecule has 27 heteroatoms. The molecule has 2 bridgehead atoms. The van der Waals surface area contributed by atoms with Crippen LogP contribution in [0.4, 0.5) is 16.6 Å². The molecule has 24 nitrogen and oxygen atoms in total. The second kappa shape index (κ2) is 15.1. The van der Waals surface area contributed by atoms with Crippen molar-refractivity contribution in [3.05, 3.63) is 29.3 Å². The van der Waals surface area contributed by atoms with Crippen molar-refractivity contribution in [2.45, 2.75) is 76.1 Å². The van der Waals surface area contributed by atoms with Crippen LogP contribution in [0.5, 0.6) is 0 Å². The molecule has 6 N–H and O–H groups in total. The number of phosphoric ester groups is 1. The van der Waals surface area contributed by atoms with E-state index in [0.29, 0.717) is 29.0 Å². The van der Waals surface area contributed by atoms with Gasteiger partial charge in [0, 0.05) is 23.9 Å². The maximum Gasteiger partial charge on any atom is 0.509 e. The zero-order chi connectivity index (χ0) is 40.4. The fraction of sp³-hybridized carbons (Fsp3) is 0.633. The number of aliphatic hydroxyl groups is 1. The van der Waals surface area contributed by atoms with Gasteiger partial charge in [-0.15, -0.1) is 0 Å². The van der Waals surface area contributed by atoms with Crippen LogP contribution in [0, 0.1) is 11.3 Å². The van der Waals surface area contributed by atoms with Gasteiger partial charge in [-0.1, -0.05) is 0 Å². The fourth-order valence-corrected chi connectivity index (χ4v) is 12.0. The predicted octanol–water partition coefficient (Wildman–Crippen LogP) is 2.28. The number of ether oxygens (including phenoxy) is 4. The minimum atomic E-state index is -4.56. The number of carbonyl (C=O) groups excluding carboxylic acids is 1. The van der Waals surface area contributed by atoms with Crippen LogP contribution >= 0.6 is 26.0 Å². The zero-order valence-corrected chi connectivity index (χ0v) is 33.4. The lowest BCUT2D eigenvalue weighted by molar-refractivity contribution is -0.0612. The number of hydrogen-bond donors (Lipinski definition) is 4. The van der Waals surface area contributed by atoms with Crippen LogP contribution in [-0.2, 0) is 50.7 Å². The summed E-state index contributed by atoms with van der Waals surface area (Å²) in [6.07, 6.45) is -4.78. The summed E-state index contributed by atoms with van der Waals surface area (Å²) >= 11 is 0.524. The maximum atomic E-state index is 14.9. The summed E-state index contributed by atoms with van der Waals surface area (Å²) in [5.74, 6) is -1.08. The smallest absolute Gasteiger partial charge is 0.432 e. The van der Waals surface area contributed by atoms with Gasteiger partial charge in [0.05, 0.1) is 44.6 Å². The standard InChI is InChI=1S/C30H40N10O14P2S/c1-5-48-55(44)50-8-30-6-14(30)18(39-10-35-16-23(31)33-9-34-24(16)39)19(41)22(30)54-56(45,57-12-47-29(43)51-13(2)3)49-7-15-20(46-4)21(53-55)27(52-15)40-11-36-17-25(40)37-28(32)38-26(17)42/h9-11,13-15,18-22,27,41H,5-8,12H2,1-4H3,(H2,31,33,34)(H3,32,37,38,42)/t14-,15-,18-,19+,20-,21-,22+,27-,30?,55+,56+/m1/s1. The van der Waals surface area contributed by atoms with E-state index in [0.717, 1.165) is 0 Å². The van der Waals surface area contributed by atoms with E-state index >= 15 is 0 Å². The van der Waals surface area contributed by atoms with Gasteiger partial charge in [-0.3, -0.25) is 37.0 Å². The highest BCUT2D eigenvalue weighted by Gasteiger charge is 2.74. The number of H-pyrrole nitrogens is 1. The molecule has 6 heterocycles. The first-order chi connectivity index (χ1) is 27.2. The molecule has 4 fully saturated rings. The Morgan fingerprint density at radius 3 is 2.65 bits per heavy atom. The first-order valence-corrected chi connectivity index (χ1v) is 22.3. The monoisotopic (exact) mass is 858 g/mol. The molecule has 0 aromatic carbocycles. The quantitative estimate of drug-likeness (QED) is 0.107. The van der Waals surface area contributed by atoms with Crippen molar-refractivity contribution in [2.75, 3.05) is 44.3 Å². The number of nitrogens with two attached hydrogens (primary N) is 2. The maximum absolute atomic E-state index is 14.9. The number of nitrogens with one attached hydrogen (secondary N) is 1. The number of hydrogen-bond acceptors (Lipinski definition) is 22. The summed E-state index contributed by atoms with van der Waals surface area (Å²) in [5.41, 5.74) is 10.7. The molecule has 1 unspecified atom stereocenters. The Morgan fingerprint density at radius 2 is 1.89 bits per heavy atom. The summed E-state index contributed by atoms with van der Waals surface area (Å²) in [6.45, 7) is -0.635. The van der Waals surface area contributed by atoms with Crippen molar-refractivity contribution in [2.24, 2.45) is 11.3 Å². The SMILES string of the molecule is CCO[P@@]1(=O)OCC23C[C@@H]2[C@@H](n2cnc4c(N)ncnc42)[C@H](O)[C@@H]3O[P@@](=O)(SCOC(=O)OC(C)C)OC[C@H]2O[C@@H](n3cnc4c(=O)[nH]c(N)nc43)[C@H](O1)[C@@H]2OC. The fourth-order valence-electron chi connectivity index (χ4n) is 7.72. The number of nitrogens with zero attached hydrogens (tertiary/aromatic N) is 7. The van der Waals surface area contributed by atoms with Gasteiger partial charge >= 0.3 is 20.8 Å². The van der Waals surface area contributed by atoms with Crippen LogP contribution < -0.4 is 17.0 Å². The number of methoxy groups -OCH3 is 1. The van der Waals surface area contributed by atoms with Crippen molar-refractivity contribution in [1.29, 1.82) is 0 Å². The Hall–Kier alpha value is -3.74. The second-order valence-corrected chi connectivity index (χ2v) is 19.5. The minimum absolute atomic E-state index is 0.00197. The highest BCUT2D eigenvalue weighted by molar-refractivity contribution is 8.55. The number of fused-ring (bicyclic) bond motifs is 4. The van der Waals surface area contributed by atoms with Gasteiger partial charge in [0.2, 0.25) is 5.95 Å². The van der Waals surface area contributed by atoms with E-state index in [1.807, 2.05) is 0 Å². The molecule has 8 rings (SSSR count). The molecule has 1 spiro atoms. The normalized spacial score (nSPS) is 35.3. The van der Waals surface area contributed by atoms with Gasteiger partial charge in [-0.25, -0.2) is 33.9 Å². The Balaban J connectivity index is 1.19. The molecule has 2 aliphatic carbocycles. The third kappa shape index (κ3) is 7.22. The van der Waals surface area contributed by atoms with Crippen molar-refractivity contribution in [3.8, 4) is 0 Å². The average molecular weight is 859 g/mol. The van der Waals surface area contributed by atoms with E-state index in [2.05, 4.69) is 29.9 Å². The first-order valence-electron chi connectivity index (χ1n) is 17.7. The molecule has 2 saturated heterocycles. The van der Waals surface area contributed by atoms with E-state index in [9.17, 15) is 23.8 Å². The molecule has 2 saturated carbocycles. The van der Waals surface area contributed by atoms with Crippen molar-refractivity contribution in [3.63, 3.8) is 0 Å². The number of phosphoric acid groups is 1. The molecule has 4 aromatic rings. The Morgan fingerprint density at radius 1 is 1.12 bits per heavy atom. The van der Waals surface area contributed by atoms with Gasteiger partial charge in [0.25, 0.3) is 5.56 Å². The number of carbonyl (C=O) groups is 1. The summed E-state index contributed by atoms with van der Waals surface area (Å²) in [7, 11) is -3.23. The molecule has 0 radical (unpaired) electrons.